The van der Waals surface area contributed by atoms with Crippen molar-refractivity contribution in [2.75, 3.05) is 18.4 Å². The zero-order valence-electron chi connectivity index (χ0n) is 24.8. The molecule has 10 nitrogen and oxygen atoms in total. The minimum atomic E-state index is -4.68. The van der Waals surface area contributed by atoms with E-state index in [1.165, 1.54) is 6.20 Å². The van der Waals surface area contributed by atoms with E-state index in [9.17, 15) is 23.1 Å². The number of hydrogen-bond donors (Lipinski definition) is 3. The number of aromatic nitrogens is 5. The lowest BCUT2D eigenvalue weighted by Crippen LogP contribution is -2.47. The first-order valence-electron chi connectivity index (χ1n) is 14.1. The van der Waals surface area contributed by atoms with Gasteiger partial charge in [-0.25, -0.2) is 14.8 Å². The third kappa shape index (κ3) is 7.27. The number of fused-ring (bicyclic) bond motifs is 1. The summed E-state index contributed by atoms with van der Waals surface area (Å²) in [7, 11) is 0. The molecule has 0 bridgehead atoms. The quantitative estimate of drug-likeness (QED) is 0.245. The highest BCUT2D eigenvalue weighted by molar-refractivity contribution is 5.97. The fourth-order valence-electron chi connectivity index (χ4n) is 5.13. The monoisotopic (exact) mass is 599 g/mol. The number of benzene rings is 1. The number of nitrogens with one attached hydrogen (secondary N) is 2. The number of aliphatic hydroxyl groups is 1. The number of nitrogens with zero attached hydrogens (tertiary/aromatic N) is 5. The van der Waals surface area contributed by atoms with Crippen LogP contribution in [0.5, 0.6) is 0 Å². The van der Waals surface area contributed by atoms with Crippen LogP contribution in [0, 0.1) is 0 Å². The van der Waals surface area contributed by atoms with Crippen LogP contribution in [0.1, 0.15) is 53.0 Å². The molecular formula is C30H36F3N7O3. The van der Waals surface area contributed by atoms with Gasteiger partial charge in [0, 0.05) is 59.8 Å². The molecule has 0 aliphatic carbocycles. The largest absolute Gasteiger partial charge is 0.444 e. The summed E-state index contributed by atoms with van der Waals surface area (Å²) in [6.45, 7) is 9.92. The van der Waals surface area contributed by atoms with Gasteiger partial charge in [-0.15, -0.1) is 0 Å². The summed E-state index contributed by atoms with van der Waals surface area (Å²) in [5.41, 5.74) is -0.229. The Morgan fingerprint density at radius 1 is 1.16 bits per heavy atom. The molecule has 3 aromatic heterocycles. The molecular weight excluding hydrogens is 563 g/mol. The number of amides is 1. The van der Waals surface area contributed by atoms with Crippen LogP contribution in [0.3, 0.4) is 0 Å². The fraction of sp³-hybridized carbons (Fsp3) is 0.467. The molecule has 0 unspecified atom stereocenters. The average Bonchev–Trinajstić information content (AvgIpc) is 3.53. The average molecular weight is 600 g/mol. The fourth-order valence-corrected chi connectivity index (χ4v) is 5.13. The second-order valence-electron chi connectivity index (χ2n) is 12.6. The summed E-state index contributed by atoms with van der Waals surface area (Å²) in [5, 5.41) is 18.1. The van der Waals surface area contributed by atoms with Gasteiger partial charge in [-0.3, -0.25) is 4.68 Å². The third-order valence-corrected chi connectivity index (χ3v) is 6.95. The van der Waals surface area contributed by atoms with E-state index >= 15 is 0 Å². The maximum absolute atomic E-state index is 14.1. The molecule has 1 atom stereocenters. The van der Waals surface area contributed by atoms with Crippen LogP contribution < -0.4 is 5.32 Å². The Kier molecular flexibility index (Phi) is 7.88. The van der Waals surface area contributed by atoms with Gasteiger partial charge in [0.1, 0.15) is 11.2 Å². The molecule has 4 heterocycles. The molecule has 5 rings (SSSR count). The van der Waals surface area contributed by atoms with Gasteiger partial charge < -0.3 is 25.0 Å². The number of alkyl halides is 3. The summed E-state index contributed by atoms with van der Waals surface area (Å²) in [5.74, 6) is 0.0456. The number of carbonyl (C=O) groups is 1. The van der Waals surface area contributed by atoms with Crippen LogP contribution in [-0.4, -0.2) is 71.2 Å². The highest BCUT2D eigenvalue weighted by atomic mass is 19.4. The summed E-state index contributed by atoms with van der Waals surface area (Å²) in [6.07, 6.45) is 2.08. The number of aromatic amines is 1. The summed E-state index contributed by atoms with van der Waals surface area (Å²) in [6, 6.07) is 5.14. The van der Waals surface area contributed by atoms with Gasteiger partial charge >= 0.3 is 12.3 Å². The van der Waals surface area contributed by atoms with E-state index in [0.717, 1.165) is 17.3 Å². The van der Waals surface area contributed by atoms with Gasteiger partial charge in [-0.1, -0.05) is 12.1 Å². The number of hydrogen-bond acceptors (Lipinski definition) is 7. The maximum atomic E-state index is 14.1. The van der Waals surface area contributed by atoms with Crippen LogP contribution >= 0.6 is 0 Å². The Hall–Kier alpha value is -4.13. The highest BCUT2D eigenvalue weighted by Crippen LogP contribution is 2.39. The van der Waals surface area contributed by atoms with E-state index in [1.54, 1.807) is 56.5 Å². The van der Waals surface area contributed by atoms with Crippen LogP contribution in [0.25, 0.3) is 33.3 Å². The summed E-state index contributed by atoms with van der Waals surface area (Å²) < 4.78 is 49.5. The van der Waals surface area contributed by atoms with Crippen LogP contribution in [-0.2, 0) is 17.5 Å². The lowest BCUT2D eigenvalue weighted by atomic mass is 10.0. The molecule has 1 aromatic carbocycles. The van der Waals surface area contributed by atoms with Crippen molar-refractivity contribution >= 4 is 22.9 Å². The molecule has 1 aliphatic heterocycles. The zero-order chi connectivity index (χ0) is 31.2. The first-order chi connectivity index (χ1) is 20.1. The van der Waals surface area contributed by atoms with Gasteiger partial charge in [-0.2, -0.15) is 18.3 Å². The number of piperidine rings is 1. The Balaban J connectivity index is 1.42. The van der Waals surface area contributed by atoms with E-state index < -0.39 is 29.0 Å². The molecule has 230 valence electrons. The molecule has 1 fully saturated rings. The molecule has 0 radical (unpaired) electrons. The third-order valence-electron chi connectivity index (χ3n) is 6.95. The number of likely N-dealkylation sites (tertiary alicyclic amines) is 1. The first-order valence-corrected chi connectivity index (χ1v) is 14.1. The van der Waals surface area contributed by atoms with Crippen molar-refractivity contribution in [1.82, 2.24) is 29.6 Å². The summed E-state index contributed by atoms with van der Waals surface area (Å²) >= 11 is 0. The molecule has 1 saturated heterocycles. The van der Waals surface area contributed by atoms with Crippen LogP contribution in [0.4, 0.5) is 23.9 Å². The first kappa shape index (κ1) is 30.3. The molecule has 3 N–H and O–H groups in total. The van der Waals surface area contributed by atoms with E-state index in [1.807, 2.05) is 18.3 Å². The standard InChI is InChI=1S/C30H36F3N7O3/c1-28(2,3)43-27(41)39-10-6-7-20(16-39)37-26-35-14-23(30(31,32)33)25(38-26)22-13-34-24-11-18(8-9-21(22)24)19-12-36-40(15-19)17-29(4,5)42/h8-9,11-15,20,34,42H,6-7,10,16-17H2,1-5H3,(H,35,37,38)/t20-/m0/s1. The van der Waals surface area contributed by atoms with E-state index in [2.05, 4.69) is 25.4 Å². The molecule has 1 aliphatic rings. The van der Waals surface area contributed by atoms with Gasteiger partial charge in [0.05, 0.1) is 24.0 Å². The topological polar surface area (TPSA) is 121 Å². The van der Waals surface area contributed by atoms with Crippen molar-refractivity contribution in [2.45, 2.75) is 77.4 Å². The van der Waals surface area contributed by atoms with Gasteiger partial charge in [0.15, 0.2) is 0 Å². The predicted molar refractivity (Wildman–Crippen MR) is 156 cm³/mol. The predicted octanol–water partition coefficient (Wildman–Crippen LogP) is 6.09. The molecule has 0 spiro atoms. The highest BCUT2D eigenvalue weighted by Gasteiger charge is 2.36. The molecule has 4 aromatic rings. The molecule has 13 heteroatoms. The second kappa shape index (κ2) is 11.2. The minimum absolute atomic E-state index is 0.0456. The minimum Gasteiger partial charge on any atom is -0.444 e. The number of H-pyrrole nitrogens is 1. The van der Waals surface area contributed by atoms with Gasteiger partial charge in [0.2, 0.25) is 5.95 Å². The SMILES string of the molecule is CC(C)(O)Cn1cc(-c2ccc3c(-c4nc(N[C@H]5CCCN(C(=O)OC(C)(C)C)C5)ncc4C(F)(F)F)c[nH]c3c2)cn1. The Morgan fingerprint density at radius 3 is 2.63 bits per heavy atom. The smallest absolute Gasteiger partial charge is 0.419 e. The van der Waals surface area contributed by atoms with Crippen molar-refractivity contribution in [3.8, 4) is 22.4 Å². The zero-order valence-corrected chi connectivity index (χ0v) is 24.8. The van der Waals surface area contributed by atoms with Crippen molar-refractivity contribution in [3.05, 3.63) is 48.5 Å². The summed E-state index contributed by atoms with van der Waals surface area (Å²) in [4.78, 5) is 25.6. The van der Waals surface area contributed by atoms with Crippen molar-refractivity contribution < 1.29 is 27.8 Å². The lowest BCUT2D eigenvalue weighted by molar-refractivity contribution is -0.137. The Bertz CT molecular complexity index is 1620. The van der Waals surface area contributed by atoms with Crippen molar-refractivity contribution in [2.24, 2.45) is 0 Å². The Labute approximate surface area is 247 Å². The normalized spacial score (nSPS) is 16.5. The number of halogens is 3. The molecule has 0 saturated carbocycles. The van der Waals surface area contributed by atoms with Crippen LogP contribution in [0.15, 0.2) is 43.0 Å². The van der Waals surface area contributed by atoms with Crippen molar-refractivity contribution in [3.63, 3.8) is 0 Å². The number of anilines is 1. The molecule has 43 heavy (non-hydrogen) atoms. The number of carbonyl (C=O) groups excluding carboxylic acids is 1. The molecule has 1 amide bonds. The number of rotatable bonds is 6. The number of ether oxygens (including phenoxy) is 1. The van der Waals surface area contributed by atoms with E-state index in [0.29, 0.717) is 43.4 Å². The van der Waals surface area contributed by atoms with Crippen LogP contribution in [0.2, 0.25) is 0 Å². The van der Waals surface area contributed by atoms with Gasteiger partial charge in [0.25, 0.3) is 0 Å². The van der Waals surface area contributed by atoms with Gasteiger partial charge in [-0.05, 0) is 59.1 Å². The maximum Gasteiger partial charge on any atom is 0.419 e. The Morgan fingerprint density at radius 2 is 1.93 bits per heavy atom. The second-order valence-corrected chi connectivity index (χ2v) is 12.6. The lowest BCUT2D eigenvalue weighted by Gasteiger charge is -2.34. The van der Waals surface area contributed by atoms with Crippen molar-refractivity contribution in [1.29, 1.82) is 0 Å². The van der Waals surface area contributed by atoms with E-state index in [4.69, 9.17) is 4.74 Å². The van der Waals surface area contributed by atoms with E-state index in [-0.39, 0.29) is 23.2 Å².